The number of carboxylic acid groups (broad SMARTS) is 1. The molecular weight excluding hydrogens is 530 g/mol. The van der Waals surface area contributed by atoms with Gasteiger partial charge >= 0.3 is 5.97 Å². The van der Waals surface area contributed by atoms with Crippen LogP contribution >= 0.6 is 11.6 Å². The zero-order valence-electron chi connectivity index (χ0n) is 23.8. The third-order valence-corrected chi connectivity index (χ3v) is 7.39. The minimum Gasteiger partial charge on any atom is -0.488 e. The van der Waals surface area contributed by atoms with Crippen LogP contribution in [-0.2, 0) is 9.53 Å². The van der Waals surface area contributed by atoms with Gasteiger partial charge in [0.15, 0.2) is 6.10 Å². The molecule has 40 heavy (non-hydrogen) atoms. The van der Waals surface area contributed by atoms with Gasteiger partial charge in [0.1, 0.15) is 24.7 Å². The largest absolute Gasteiger partial charge is 0.488 e. The first-order chi connectivity index (χ1) is 19.1. The highest BCUT2D eigenvalue weighted by Gasteiger charge is 2.34. The number of carboxylic acids is 1. The summed E-state index contributed by atoms with van der Waals surface area (Å²) in [5.41, 5.74) is 3.72. The Bertz CT molecular complexity index is 1300. The molecule has 1 atom stereocenters. The third kappa shape index (κ3) is 7.23. The average molecular weight is 568 g/mol. The Kier molecular flexibility index (Phi) is 9.53. The van der Waals surface area contributed by atoms with Crippen molar-refractivity contribution in [1.29, 1.82) is 0 Å². The molecule has 214 valence electrons. The first kappa shape index (κ1) is 29.6. The van der Waals surface area contributed by atoms with E-state index in [-0.39, 0.29) is 11.5 Å². The summed E-state index contributed by atoms with van der Waals surface area (Å²) in [5, 5.41) is 10.7. The zero-order chi connectivity index (χ0) is 28.9. The maximum Gasteiger partial charge on any atom is 0.337 e. The number of rotatable bonds is 11. The number of aromatic nitrogens is 2. The predicted octanol–water partition coefficient (Wildman–Crippen LogP) is 6.74. The molecule has 0 unspecified atom stereocenters. The fourth-order valence-electron chi connectivity index (χ4n) is 4.81. The highest BCUT2D eigenvalue weighted by Crippen LogP contribution is 2.42. The van der Waals surface area contributed by atoms with E-state index in [1.54, 1.807) is 18.5 Å². The van der Waals surface area contributed by atoms with Gasteiger partial charge in [-0.05, 0) is 63.3 Å². The standard InChI is InChI=1S/C31H38ClN3O5/c1-20(2)40-29(30(36)37)27-21(3)33-19-23(28(27)35-14-12-31(4,5)13-15-35)25-11-10-22(18-34-25)38-16-17-39-26-9-7-6-8-24(26)32/h6-11,18-20,29H,12-17H2,1-5H3,(H,36,37)/t29-/m0/s1. The molecule has 0 radical (unpaired) electrons. The molecule has 1 aliphatic heterocycles. The van der Waals surface area contributed by atoms with E-state index in [1.807, 2.05) is 51.1 Å². The number of carbonyl (C=O) groups is 1. The molecule has 3 heterocycles. The van der Waals surface area contributed by atoms with Crippen molar-refractivity contribution in [3.63, 3.8) is 0 Å². The third-order valence-electron chi connectivity index (χ3n) is 7.07. The Morgan fingerprint density at radius 1 is 1.05 bits per heavy atom. The highest BCUT2D eigenvalue weighted by molar-refractivity contribution is 6.32. The Morgan fingerprint density at radius 2 is 1.75 bits per heavy atom. The van der Waals surface area contributed by atoms with E-state index in [0.29, 0.717) is 46.7 Å². The van der Waals surface area contributed by atoms with Crippen LogP contribution in [0.15, 0.2) is 48.8 Å². The molecule has 3 aromatic rings. The molecule has 1 aromatic carbocycles. The van der Waals surface area contributed by atoms with Crippen LogP contribution in [0.1, 0.15) is 57.9 Å². The van der Waals surface area contributed by atoms with Crippen molar-refractivity contribution in [3.05, 3.63) is 65.1 Å². The van der Waals surface area contributed by atoms with E-state index in [0.717, 1.165) is 37.2 Å². The number of nitrogens with zero attached hydrogens (tertiary/aromatic N) is 3. The highest BCUT2D eigenvalue weighted by atomic mass is 35.5. The quantitative estimate of drug-likeness (QED) is 0.255. The lowest BCUT2D eigenvalue weighted by atomic mass is 9.82. The number of anilines is 1. The Balaban J connectivity index is 1.61. The second-order valence-electron chi connectivity index (χ2n) is 11.1. The molecule has 2 aromatic heterocycles. The summed E-state index contributed by atoms with van der Waals surface area (Å²) in [6.07, 6.45) is 4.01. The molecule has 0 saturated carbocycles. The molecular formula is C31H38ClN3O5. The van der Waals surface area contributed by atoms with Crippen LogP contribution in [0.3, 0.4) is 0 Å². The minimum atomic E-state index is -1.14. The van der Waals surface area contributed by atoms with Gasteiger partial charge in [0, 0.05) is 36.1 Å². The Hall–Kier alpha value is -3.36. The van der Waals surface area contributed by atoms with Gasteiger partial charge in [-0.25, -0.2) is 4.79 Å². The fraction of sp³-hybridized carbons (Fsp3) is 0.452. The average Bonchev–Trinajstić information content (AvgIpc) is 2.91. The van der Waals surface area contributed by atoms with E-state index in [1.165, 1.54) is 0 Å². The molecule has 0 amide bonds. The molecule has 0 spiro atoms. The topological polar surface area (TPSA) is 94.0 Å². The van der Waals surface area contributed by atoms with Crippen LogP contribution in [0.25, 0.3) is 11.3 Å². The number of hydrogen-bond acceptors (Lipinski definition) is 7. The predicted molar refractivity (Wildman–Crippen MR) is 156 cm³/mol. The lowest BCUT2D eigenvalue weighted by Gasteiger charge is -2.40. The Labute approximate surface area is 241 Å². The smallest absolute Gasteiger partial charge is 0.337 e. The van der Waals surface area contributed by atoms with Crippen molar-refractivity contribution in [3.8, 4) is 22.8 Å². The summed E-state index contributed by atoms with van der Waals surface area (Å²) in [5.74, 6) is 0.170. The summed E-state index contributed by atoms with van der Waals surface area (Å²) in [7, 11) is 0. The summed E-state index contributed by atoms with van der Waals surface area (Å²) in [6.45, 7) is 12.3. The number of aliphatic carboxylic acids is 1. The van der Waals surface area contributed by atoms with Crippen molar-refractivity contribution in [2.24, 2.45) is 5.41 Å². The van der Waals surface area contributed by atoms with Gasteiger partial charge in [-0.2, -0.15) is 0 Å². The normalized spacial score (nSPS) is 15.6. The number of para-hydroxylation sites is 1. The van der Waals surface area contributed by atoms with Crippen molar-refractivity contribution in [1.82, 2.24) is 9.97 Å². The van der Waals surface area contributed by atoms with Gasteiger partial charge in [-0.3, -0.25) is 9.97 Å². The fourth-order valence-corrected chi connectivity index (χ4v) is 5.00. The van der Waals surface area contributed by atoms with Gasteiger partial charge in [0.2, 0.25) is 0 Å². The van der Waals surface area contributed by atoms with E-state index >= 15 is 0 Å². The zero-order valence-corrected chi connectivity index (χ0v) is 24.6. The van der Waals surface area contributed by atoms with Crippen molar-refractivity contribution in [2.45, 2.75) is 59.7 Å². The number of piperidine rings is 1. The van der Waals surface area contributed by atoms with E-state index < -0.39 is 12.1 Å². The maximum atomic E-state index is 12.4. The van der Waals surface area contributed by atoms with E-state index in [9.17, 15) is 9.90 Å². The molecule has 1 saturated heterocycles. The van der Waals surface area contributed by atoms with Gasteiger partial charge in [-0.15, -0.1) is 0 Å². The van der Waals surface area contributed by atoms with Gasteiger partial charge in [0.05, 0.1) is 28.7 Å². The van der Waals surface area contributed by atoms with Crippen LogP contribution in [0, 0.1) is 12.3 Å². The second kappa shape index (κ2) is 12.9. The van der Waals surface area contributed by atoms with Crippen LogP contribution in [-0.4, -0.2) is 53.5 Å². The lowest BCUT2D eigenvalue weighted by Crippen LogP contribution is -2.39. The van der Waals surface area contributed by atoms with Crippen LogP contribution < -0.4 is 14.4 Å². The van der Waals surface area contributed by atoms with E-state index in [2.05, 4.69) is 28.7 Å². The van der Waals surface area contributed by atoms with Crippen molar-refractivity contribution < 1.29 is 24.1 Å². The van der Waals surface area contributed by atoms with E-state index in [4.69, 9.17) is 25.8 Å². The number of benzene rings is 1. The summed E-state index contributed by atoms with van der Waals surface area (Å²) in [4.78, 5) is 24.0. The number of pyridine rings is 2. The SMILES string of the molecule is Cc1ncc(-c2ccc(OCCOc3ccccc3Cl)cn2)c(N2CCC(C)(C)CC2)c1[C@H](OC(C)C)C(=O)O. The van der Waals surface area contributed by atoms with Crippen molar-refractivity contribution >= 4 is 23.3 Å². The monoisotopic (exact) mass is 567 g/mol. The number of hydrogen-bond donors (Lipinski definition) is 1. The molecule has 4 rings (SSSR count). The van der Waals surface area contributed by atoms with Crippen molar-refractivity contribution in [2.75, 3.05) is 31.2 Å². The van der Waals surface area contributed by atoms with Gasteiger partial charge in [0.25, 0.3) is 0 Å². The number of halogens is 1. The number of aryl methyl sites for hydroxylation is 1. The molecule has 9 heteroatoms. The first-order valence-corrected chi connectivity index (χ1v) is 14.0. The van der Waals surface area contributed by atoms with Crippen LogP contribution in [0.5, 0.6) is 11.5 Å². The summed E-state index contributed by atoms with van der Waals surface area (Å²) >= 11 is 6.14. The molecule has 1 N–H and O–H groups in total. The summed E-state index contributed by atoms with van der Waals surface area (Å²) < 4.78 is 17.4. The first-order valence-electron chi connectivity index (χ1n) is 13.6. The molecule has 0 bridgehead atoms. The van der Waals surface area contributed by atoms with Crippen LogP contribution in [0.4, 0.5) is 5.69 Å². The molecule has 8 nitrogen and oxygen atoms in total. The number of ether oxygens (including phenoxy) is 3. The minimum absolute atomic E-state index is 0.229. The molecule has 1 aliphatic rings. The Morgan fingerprint density at radius 3 is 2.38 bits per heavy atom. The van der Waals surface area contributed by atoms with Gasteiger partial charge < -0.3 is 24.2 Å². The van der Waals surface area contributed by atoms with Gasteiger partial charge in [-0.1, -0.05) is 37.6 Å². The lowest BCUT2D eigenvalue weighted by molar-refractivity contribution is -0.153. The second-order valence-corrected chi connectivity index (χ2v) is 11.5. The van der Waals surface area contributed by atoms with Crippen LogP contribution in [0.2, 0.25) is 5.02 Å². The molecule has 0 aliphatic carbocycles. The molecule has 1 fully saturated rings. The summed E-state index contributed by atoms with van der Waals surface area (Å²) in [6, 6.07) is 11.0. The maximum absolute atomic E-state index is 12.4.